The summed E-state index contributed by atoms with van der Waals surface area (Å²) in [6.45, 7) is 8.53. The quantitative estimate of drug-likeness (QED) is 0.811. The average molecular weight is 284 g/mol. The van der Waals surface area contributed by atoms with Crippen LogP contribution in [0.2, 0.25) is 0 Å². The number of halogens is 2. The Morgan fingerprint density at radius 3 is 2.00 bits per heavy atom. The molecule has 0 fully saturated rings. The van der Waals surface area contributed by atoms with Crippen molar-refractivity contribution >= 4 is 5.69 Å². The highest BCUT2D eigenvalue weighted by Gasteiger charge is 2.20. The van der Waals surface area contributed by atoms with Gasteiger partial charge in [0.1, 0.15) is 17.3 Å². The summed E-state index contributed by atoms with van der Waals surface area (Å²) in [7, 11) is 1.76. The van der Waals surface area contributed by atoms with Crippen molar-refractivity contribution < 1.29 is 8.78 Å². The average Bonchev–Trinajstić information content (AvgIpc) is 2.37. The Morgan fingerprint density at radius 1 is 1.10 bits per heavy atom. The fraction of sp³-hybridized carbons (Fsp3) is 0.625. The molecular formula is C16H26F2N2. The Morgan fingerprint density at radius 2 is 1.60 bits per heavy atom. The Bertz CT molecular complexity index is 405. The van der Waals surface area contributed by atoms with Crippen molar-refractivity contribution in [2.75, 3.05) is 11.9 Å². The summed E-state index contributed by atoms with van der Waals surface area (Å²) in [5.74, 6) is -0.972. The van der Waals surface area contributed by atoms with Crippen LogP contribution >= 0.6 is 0 Å². The van der Waals surface area contributed by atoms with Crippen molar-refractivity contribution in [1.82, 2.24) is 5.32 Å². The third-order valence-electron chi connectivity index (χ3n) is 3.63. The van der Waals surface area contributed by atoms with Crippen molar-refractivity contribution in [3.05, 3.63) is 29.3 Å². The van der Waals surface area contributed by atoms with E-state index >= 15 is 0 Å². The Hall–Kier alpha value is -1.16. The smallest absolute Gasteiger partial charge is 0.149 e. The molecule has 114 valence electrons. The topological polar surface area (TPSA) is 15.3 Å². The van der Waals surface area contributed by atoms with Gasteiger partial charge in [-0.1, -0.05) is 27.7 Å². The third kappa shape index (κ3) is 4.17. The molecule has 0 spiro atoms. The van der Waals surface area contributed by atoms with Crippen LogP contribution in [0.25, 0.3) is 0 Å². The molecule has 0 aliphatic rings. The number of benzene rings is 1. The normalized spacial score (nSPS) is 11.4. The van der Waals surface area contributed by atoms with E-state index in [9.17, 15) is 8.78 Å². The minimum Gasteiger partial charge on any atom is -0.367 e. The lowest BCUT2D eigenvalue weighted by molar-refractivity contribution is 0.530. The summed E-state index contributed by atoms with van der Waals surface area (Å²) < 4.78 is 28.4. The Balaban J connectivity index is 2.99. The summed E-state index contributed by atoms with van der Waals surface area (Å²) in [5, 5.41) is 3.16. The fourth-order valence-electron chi connectivity index (χ4n) is 2.40. The van der Waals surface area contributed by atoms with Gasteiger partial charge in [-0.3, -0.25) is 0 Å². The van der Waals surface area contributed by atoms with E-state index in [1.165, 1.54) is 12.1 Å². The monoisotopic (exact) mass is 284 g/mol. The van der Waals surface area contributed by atoms with Gasteiger partial charge >= 0.3 is 0 Å². The number of anilines is 1. The van der Waals surface area contributed by atoms with Crippen molar-refractivity contribution in [1.29, 1.82) is 0 Å². The third-order valence-corrected chi connectivity index (χ3v) is 3.63. The molecule has 0 aliphatic carbocycles. The molecule has 1 aromatic rings. The minimum absolute atomic E-state index is 0.0759. The van der Waals surface area contributed by atoms with E-state index in [4.69, 9.17) is 0 Å². The largest absolute Gasteiger partial charge is 0.367 e. The molecule has 0 radical (unpaired) electrons. The van der Waals surface area contributed by atoms with Crippen LogP contribution in [0.1, 0.15) is 46.1 Å². The maximum Gasteiger partial charge on any atom is 0.149 e. The summed E-state index contributed by atoms with van der Waals surface area (Å²) in [6, 6.07) is 3.28. The van der Waals surface area contributed by atoms with Gasteiger partial charge in [-0.25, -0.2) is 8.78 Å². The van der Waals surface area contributed by atoms with Crippen LogP contribution in [0.3, 0.4) is 0 Å². The highest BCUT2D eigenvalue weighted by Crippen LogP contribution is 2.27. The van der Waals surface area contributed by atoms with Gasteiger partial charge in [-0.05, 0) is 30.5 Å². The SMILES string of the molecule is CCC(CC)N(C)c1c(F)cc(CNC(C)C)cc1F. The number of nitrogens with one attached hydrogen (secondary N) is 1. The minimum atomic E-state index is -0.486. The van der Waals surface area contributed by atoms with Crippen LogP contribution in [0.5, 0.6) is 0 Å². The van der Waals surface area contributed by atoms with Crippen LogP contribution in [-0.2, 0) is 6.54 Å². The highest BCUT2D eigenvalue weighted by atomic mass is 19.1. The zero-order chi connectivity index (χ0) is 15.3. The number of hydrogen-bond acceptors (Lipinski definition) is 2. The molecule has 0 amide bonds. The number of nitrogens with zero attached hydrogens (tertiary/aromatic N) is 1. The summed E-state index contributed by atoms with van der Waals surface area (Å²) >= 11 is 0. The molecule has 0 saturated carbocycles. The zero-order valence-electron chi connectivity index (χ0n) is 13.1. The van der Waals surface area contributed by atoms with E-state index in [0.717, 1.165) is 12.8 Å². The molecule has 0 atom stereocenters. The van der Waals surface area contributed by atoms with Gasteiger partial charge in [0.15, 0.2) is 0 Å². The van der Waals surface area contributed by atoms with Crippen molar-refractivity contribution in [2.45, 2.75) is 59.2 Å². The standard InChI is InChI=1S/C16H26F2N2/c1-6-13(7-2)20(5)16-14(17)8-12(9-15(16)18)10-19-11(3)4/h8-9,11,13,19H,6-7,10H2,1-5H3. The molecule has 2 nitrogen and oxygen atoms in total. The maximum atomic E-state index is 14.2. The molecule has 0 aromatic heterocycles. The molecule has 1 aromatic carbocycles. The molecule has 4 heteroatoms. The maximum absolute atomic E-state index is 14.2. The first kappa shape index (κ1) is 16.9. The fourth-order valence-corrected chi connectivity index (χ4v) is 2.40. The predicted octanol–water partition coefficient (Wildman–Crippen LogP) is 4.09. The Labute approximate surface area is 121 Å². The molecule has 20 heavy (non-hydrogen) atoms. The lowest BCUT2D eigenvalue weighted by Gasteiger charge is -2.29. The van der Waals surface area contributed by atoms with E-state index in [-0.39, 0.29) is 17.8 Å². The molecule has 0 bridgehead atoms. The summed E-state index contributed by atoms with van der Waals surface area (Å²) in [6.07, 6.45) is 1.73. The van der Waals surface area contributed by atoms with Crippen LogP contribution < -0.4 is 10.2 Å². The van der Waals surface area contributed by atoms with E-state index in [2.05, 4.69) is 5.32 Å². The second kappa shape index (κ2) is 7.58. The highest BCUT2D eigenvalue weighted by molar-refractivity contribution is 5.51. The van der Waals surface area contributed by atoms with Gasteiger partial charge < -0.3 is 10.2 Å². The van der Waals surface area contributed by atoms with Gasteiger partial charge in [-0.15, -0.1) is 0 Å². The summed E-state index contributed by atoms with van der Waals surface area (Å²) in [5.41, 5.74) is 0.711. The first-order valence-electron chi connectivity index (χ1n) is 7.34. The van der Waals surface area contributed by atoms with Gasteiger partial charge in [0.05, 0.1) is 0 Å². The molecular weight excluding hydrogens is 258 g/mol. The van der Waals surface area contributed by atoms with E-state index < -0.39 is 11.6 Å². The van der Waals surface area contributed by atoms with Gasteiger partial charge in [0.25, 0.3) is 0 Å². The molecule has 0 aliphatic heterocycles. The number of rotatable bonds is 7. The van der Waals surface area contributed by atoms with Gasteiger partial charge in [0.2, 0.25) is 0 Å². The molecule has 0 unspecified atom stereocenters. The van der Waals surface area contributed by atoms with E-state index in [1.807, 2.05) is 27.7 Å². The van der Waals surface area contributed by atoms with Crippen LogP contribution in [0, 0.1) is 11.6 Å². The van der Waals surface area contributed by atoms with Gasteiger partial charge in [-0.2, -0.15) is 0 Å². The second-order valence-electron chi connectivity index (χ2n) is 5.52. The number of hydrogen-bond donors (Lipinski definition) is 1. The van der Waals surface area contributed by atoms with Crippen LogP contribution in [0.4, 0.5) is 14.5 Å². The van der Waals surface area contributed by atoms with Gasteiger partial charge in [0, 0.05) is 25.7 Å². The molecule has 0 heterocycles. The van der Waals surface area contributed by atoms with Crippen molar-refractivity contribution in [3.8, 4) is 0 Å². The predicted molar refractivity (Wildman–Crippen MR) is 81.1 cm³/mol. The lowest BCUT2D eigenvalue weighted by Crippen LogP contribution is -2.32. The first-order chi connectivity index (χ1) is 9.40. The first-order valence-corrected chi connectivity index (χ1v) is 7.34. The van der Waals surface area contributed by atoms with Crippen molar-refractivity contribution in [2.24, 2.45) is 0 Å². The molecule has 1 rings (SSSR count). The molecule has 0 saturated heterocycles. The second-order valence-corrected chi connectivity index (χ2v) is 5.52. The lowest BCUT2D eigenvalue weighted by atomic mass is 10.1. The molecule has 1 N–H and O–H groups in total. The van der Waals surface area contributed by atoms with Crippen molar-refractivity contribution in [3.63, 3.8) is 0 Å². The van der Waals surface area contributed by atoms with Crippen LogP contribution in [0.15, 0.2) is 12.1 Å². The van der Waals surface area contributed by atoms with E-state index in [1.54, 1.807) is 11.9 Å². The van der Waals surface area contributed by atoms with E-state index in [0.29, 0.717) is 12.1 Å². The Kier molecular flexibility index (Phi) is 6.40. The summed E-state index contributed by atoms with van der Waals surface area (Å²) in [4.78, 5) is 1.71. The van der Waals surface area contributed by atoms with Crippen LogP contribution in [-0.4, -0.2) is 19.1 Å². The zero-order valence-corrected chi connectivity index (χ0v) is 13.1.